The van der Waals surface area contributed by atoms with E-state index in [2.05, 4.69) is 19.6 Å². The topological polar surface area (TPSA) is 113 Å². The van der Waals surface area contributed by atoms with Gasteiger partial charge in [-0.2, -0.15) is 13.2 Å². The molecule has 1 unspecified atom stereocenters. The molecule has 0 radical (unpaired) electrons. The van der Waals surface area contributed by atoms with Crippen LogP contribution in [-0.4, -0.2) is 33.0 Å². The van der Waals surface area contributed by atoms with E-state index in [1.165, 1.54) is 30.6 Å². The van der Waals surface area contributed by atoms with Gasteiger partial charge in [0.1, 0.15) is 34.6 Å². The van der Waals surface area contributed by atoms with Gasteiger partial charge in [0.25, 0.3) is 0 Å². The summed E-state index contributed by atoms with van der Waals surface area (Å²) in [5.74, 6) is 0.519. The summed E-state index contributed by atoms with van der Waals surface area (Å²) in [4.78, 5) is 18.9. The molecule has 1 atom stereocenters. The summed E-state index contributed by atoms with van der Waals surface area (Å²) in [6, 6.07) is 9.62. The van der Waals surface area contributed by atoms with Gasteiger partial charge < -0.3 is 14.0 Å². The van der Waals surface area contributed by atoms with Crippen molar-refractivity contribution in [3.63, 3.8) is 0 Å². The summed E-state index contributed by atoms with van der Waals surface area (Å²) >= 11 is 0.0690. The highest BCUT2D eigenvalue weighted by Gasteiger charge is 2.30. The average Bonchev–Trinajstić information content (AvgIpc) is 3.42. The summed E-state index contributed by atoms with van der Waals surface area (Å²) < 4.78 is 66.3. The number of ether oxygens (including phenoxy) is 2. The van der Waals surface area contributed by atoms with E-state index in [1.54, 1.807) is 24.5 Å². The van der Waals surface area contributed by atoms with E-state index >= 15 is 0 Å². The molecule has 0 aliphatic rings. The molecule has 35 heavy (non-hydrogen) atoms. The van der Waals surface area contributed by atoms with Crippen molar-refractivity contribution in [1.29, 1.82) is 0 Å². The lowest BCUT2D eigenvalue weighted by molar-refractivity contribution is -0.137. The fraction of sp³-hybridized carbons (Fsp3) is 0.227. The number of aromatic amines is 1. The lowest BCUT2D eigenvalue weighted by atomic mass is 10.1. The quantitative estimate of drug-likeness (QED) is 0.334. The standard InChI is InChI=1S/C22H18F3N3O5S2/c1-31-17-9-14(7-8-15(17)19-27-21(29)33-28-19)32-10-18-16(11-35(2)30)26-20(34-18)12-3-5-13(6-4-12)22(23,24)25/h3-9H,10-11H2,1-2H3,(H,27,28,29). The first-order valence-corrected chi connectivity index (χ1v) is 12.5. The van der Waals surface area contributed by atoms with Gasteiger partial charge in [-0.1, -0.05) is 28.5 Å². The molecule has 0 aliphatic carbocycles. The number of hydrogen-bond donors (Lipinski definition) is 1. The Balaban J connectivity index is 1.56. The SMILES string of the molecule is COc1cc(OCc2sc(-c3ccc(C(F)(F)F)cc3)nc2C[S+](C)[O-])ccc1-c1noc(=O)[nH]1. The molecule has 1 N–H and O–H groups in total. The number of benzene rings is 2. The molecule has 4 aromatic rings. The number of H-pyrrole nitrogens is 1. The number of nitrogens with zero attached hydrogens (tertiary/aromatic N) is 2. The first-order valence-electron chi connectivity index (χ1n) is 9.97. The summed E-state index contributed by atoms with van der Waals surface area (Å²) in [5, 5.41) is 4.15. The molecule has 2 aromatic carbocycles. The fourth-order valence-electron chi connectivity index (χ4n) is 3.18. The van der Waals surface area contributed by atoms with Crippen molar-refractivity contribution in [2.75, 3.05) is 13.4 Å². The van der Waals surface area contributed by atoms with Crippen LogP contribution in [0.25, 0.3) is 22.0 Å². The Morgan fingerprint density at radius 1 is 1.20 bits per heavy atom. The molecule has 8 nitrogen and oxygen atoms in total. The zero-order valence-electron chi connectivity index (χ0n) is 18.3. The minimum Gasteiger partial charge on any atom is -0.616 e. The van der Waals surface area contributed by atoms with E-state index in [0.29, 0.717) is 38.2 Å². The van der Waals surface area contributed by atoms with Gasteiger partial charge in [0.2, 0.25) is 0 Å². The van der Waals surface area contributed by atoms with Crippen LogP contribution in [-0.2, 0) is 29.7 Å². The van der Waals surface area contributed by atoms with Crippen LogP contribution in [0.2, 0.25) is 0 Å². The van der Waals surface area contributed by atoms with Gasteiger partial charge in [0.05, 0.1) is 29.4 Å². The highest BCUT2D eigenvalue weighted by Crippen LogP contribution is 2.35. The third kappa shape index (κ3) is 5.86. The molecule has 13 heteroatoms. The van der Waals surface area contributed by atoms with Crippen LogP contribution >= 0.6 is 11.3 Å². The zero-order valence-corrected chi connectivity index (χ0v) is 20.0. The van der Waals surface area contributed by atoms with Crippen LogP contribution in [0, 0.1) is 0 Å². The van der Waals surface area contributed by atoms with E-state index in [0.717, 1.165) is 12.1 Å². The van der Waals surface area contributed by atoms with Crippen LogP contribution in [0.4, 0.5) is 13.2 Å². The van der Waals surface area contributed by atoms with Crippen molar-refractivity contribution in [2.45, 2.75) is 18.5 Å². The smallest absolute Gasteiger partial charge is 0.439 e. The van der Waals surface area contributed by atoms with Crippen molar-refractivity contribution < 1.29 is 31.7 Å². The summed E-state index contributed by atoms with van der Waals surface area (Å²) in [7, 11) is 1.45. The average molecular weight is 526 g/mol. The number of alkyl halides is 3. The van der Waals surface area contributed by atoms with Gasteiger partial charge in [0.15, 0.2) is 5.82 Å². The van der Waals surface area contributed by atoms with Crippen LogP contribution in [0.5, 0.6) is 11.5 Å². The van der Waals surface area contributed by atoms with E-state index in [4.69, 9.17) is 9.47 Å². The minimum absolute atomic E-state index is 0.0914. The van der Waals surface area contributed by atoms with Crippen LogP contribution in [0.15, 0.2) is 51.8 Å². The number of halogens is 3. The summed E-state index contributed by atoms with van der Waals surface area (Å²) in [6.07, 6.45) is -2.89. The second-order valence-electron chi connectivity index (χ2n) is 7.28. The van der Waals surface area contributed by atoms with Gasteiger partial charge in [-0.3, -0.25) is 9.51 Å². The van der Waals surface area contributed by atoms with E-state index in [1.807, 2.05) is 0 Å². The van der Waals surface area contributed by atoms with Gasteiger partial charge in [-0.05, 0) is 24.3 Å². The number of nitrogens with one attached hydrogen (secondary N) is 1. The monoisotopic (exact) mass is 525 g/mol. The Morgan fingerprint density at radius 2 is 1.94 bits per heavy atom. The number of thiazole rings is 1. The first-order chi connectivity index (χ1) is 16.6. The number of methoxy groups -OCH3 is 1. The molecule has 184 valence electrons. The molecule has 2 heterocycles. The van der Waals surface area contributed by atoms with E-state index < -0.39 is 28.7 Å². The van der Waals surface area contributed by atoms with Gasteiger partial charge >= 0.3 is 11.9 Å². The molecule has 0 fully saturated rings. The minimum atomic E-state index is -4.43. The first kappa shape index (κ1) is 24.8. The molecule has 0 bridgehead atoms. The summed E-state index contributed by atoms with van der Waals surface area (Å²) in [6.45, 7) is 0.0914. The Bertz CT molecular complexity index is 1360. The molecule has 0 aliphatic heterocycles. The van der Waals surface area contributed by atoms with Crippen molar-refractivity contribution in [3.05, 3.63) is 69.1 Å². The molecule has 4 rings (SSSR count). The van der Waals surface area contributed by atoms with Crippen LogP contribution < -0.4 is 15.2 Å². The lowest BCUT2D eigenvalue weighted by Crippen LogP contribution is -2.05. The van der Waals surface area contributed by atoms with Gasteiger partial charge in [0, 0.05) is 11.6 Å². The lowest BCUT2D eigenvalue weighted by Gasteiger charge is -2.10. The third-order valence-electron chi connectivity index (χ3n) is 4.82. The second kappa shape index (κ2) is 10.1. The highest BCUT2D eigenvalue weighted by atomic mass is 32.2. The Hall–Kier alpha value is -3.29. The predicted octanol–water partition coefficient (Wildman–Crippen LogP) is 4.64. The fourth-order valence-corrected chi connectivity index (χ4v) is 4.89. The molecular formula is C22H18F3N3O5S2. The van der Waals surface area contributed by atoms with Crippen molar-refractivity contribution in [2.24, 2.45) is 0 Å². The van der Waals surface area contributed by atoms with Gasteiger partial charge in [-0.25, -0.2) is 9.78 Å². The normalized spacial score (nSPS) is 12.5. The van der Waals surface area contributed by atoms with Crippen molar-refractivity contribution in [3.8, 4) is 33.5 Å². The third-order valence-corrected chi connectivity index (χ3v) is 6.62. The maximum Gasteiger partial charge on any atom is 0.439 e. The molecule has 0 saturated carbocycles. The van der Waals surface area contributed by atoms with Crippen molar-refractivity contribution >= 4 is 22.5 Å². The number of aromatic nitrogens is 3. The Labute approximate surface area is 203 Å². The van der Waals surface area contributed by atoms with Gasteiger partial charge in [-0.15, -0.1) is 11.3 Å². The molecule has 0 amide bonds. The molecule has 0 spiro atoms. The van der Waals surface area contributed by atoms with Crippen molar-refractivity contribution in [1.82, 2.24) is 15.1 Å². The molecule has 0 saturated heterocycles. The second-order valence-corrected chi connectivity index (χ2v) is 9.79. The Morgan fingerprint density at radius 3 is 2.54 bits per heavy atom. The number of rotatable bonds is 8. The van der Waals surface area contributed by atoms with Crippen LogP contribution in [0.3, 0.4) is 0 Å². The van der Waals surface area contributed by atoms with E-state index in [9.17, 15) is 22.5 Å². The molecule has 2 aromatic heterocycles. The maximum absolute atomic E-state index is 12.9. The number of hydrogen-bond acceptors (Lipinski definition) is 8. The molecular weight excluding hydrogens is 507 g/mol. The predicted molar refractivity (Wildman–Crippen MR) is 124 cm³/mol. The van der Waals surface area contributed by atoms with E-state index in [-0.39, 0.29) is 18.2 Å². The maximum atomic E-state index is 12.9. The highest BCUT2D eigenvalue weighted by molar-refractivity contribution is 7.89. The summed E-state index contributed by atoms with van der Waals surface area (Å²) in [5.41, 5.74) is 0.818. The Kier molecular flexibility index (Phi) is 7.19. The zero-order chi connectivity index (χ0) is 25.2. The largest absolute Gasteiger partial charge is 0.616 e. The van der Waals surface area contributed by atoms with Crippen LogP contribution in [0.1, 0.15) is 16.1 Å².